The summed E-state index contributed by atoms with van der Waals surface area (Å²) in [6.45, 7) is 5.16. The van der Waals surface area contributed by atoms with Gasteiger partial charge >= 0.3 is 35.2 Å². The van der Waals surface area contributed by atoms with Crippen LogP contribution in [0.2, 0.25) is 0 Å². The fraction of sp³-hybridized carbons (Fsp3) is 0.444. The zero-order valence-corrected chi connectivity index (χ0v) is 31.8. The number of ether oxygens (including phenoxy) is 1. The Balaban J connectivity index is 0.000000241. The second kappa shape index (κ2) is 17.5. The van der Waals surface area contributed by atoms with Crippen molar-refractivity contribution in [2.75, 3.05) is 10.6 Å². The molecule has 1 radical (unpaired) electrons. The topological polar surface area (TPSA) is 130 Å². The van der Waals surface area contributed by atoms with Crippen LogP contribution in [0.1, 0.15) is 65.7 Å². The number of hydrogen-bond donors (Lipinski definition) is 2. The summed E-state index contributed by atoms with van der Waals surface area (Å²) in [5, 5.41) is 13.4. The molecule has 2 atom stereocenters. The quantitative estimate of drug-likeness (QED) is 0.219. The van der Waals surface area contributed by atoms with Crippen molar-refractivity contribution in [3.05, 3.63) is 69.2 Å². The molecule has 293 valence electrons. The third-order valence-corrected chi connectivity index (χ3v) is 10.6. The van der Waals surface area contributed by atoms with Crippen LogP contribution in [-0.4, -0.2) is 41.5 Å². The number of alkyl halides is 6. The molecule has 2 aliphatic heterocycles. The first-order valence-electron chi connectivity index (χ1n) is 16.8. The van der Waals surface area contributed by atoms with E-state index in [2.05, 4.69) is 21.3 Å². The van der Waals surface area contributed by atoms with E-state index >= 15 is 0 Å². The van der Waals surface area contributed by atoms with E-state index in [1.54, 1.807) is 51.1 Å². The Hall–Kier alpha value is -3.61. The van der Waals surface area contributed by atoms with Crippen molar-refractivity contribution in [1.29, 1.82) is 0 Å². The van der Waals surface area contributed by atoms with E-state index in [4.69, 9.17) is 4.74 Å². The molecule has 0 bridgehead atoms. The van der Waals surface area contributed by atoms with Gasteiger partial charge in [0.05, 0.1) is 0 Å². The molecule has 0 aromatic heterocycles. The molecule has 2 aliphatic carbocycles. The third-order valence-electron chi connectivity index (χ3n) is 8.70. The van der Waals surface area contributed by atoms with Gasteiger partial charge in [-0.1, -0.05) is 47.9 Å². The van der Waals surface area contributed by atoms with E-state index in [0.29, 0.717) is 50.6 Å². The standard InChI is InChI=1S/C21H23F3N2O2S.C15H15F3N2O3S.Co/c22-21(23,24)18(27)11-19-26-16-8-7-15(10-17(16)29-19)25-20(28)14-6-5-13(9-14)12-3-1-2-4-12;1-14(2,3)23-13(22)19-8-4-5-9-10(6-8)24-12(20-9)7-11(21)15(16,17)18;/h7-8,10-14H,1-6,9H2,(H2,25,26,27,28);4-7H,1-3H3,(H2,19,20,21,22);/q;;+2/p-2. The van der Waals surface area contributed by atoms with Crippen molar-refractivity contribution < 1.29 is 67.0 Å². The molecule has 0 saturated heterocycles. The number of hydrogen-bond acceptors (Lipinski definition) is 7. The van der Waals surface area contributed by atoms with Crippen LogP contribution < -0.4 is 10.6 Å². The average Bonchev–Trinajstić information content (AvgIpc) is 3.85. The van der Waals surface area contributed by atoms with Crippen LogP contribution in [0.4, 0.5) is 53.9 Å². The predicted molar refractivity (Wildman–Crippen MR) is 190 cm³/mol. The molecule has 2 fully saturated rings. The second-order valence-electron chi connectivity index (χ2n) is 13.9. The van der Waals surface area contributed by atoms with Gasteiger partial charge in [-0.15, -0.1) is 34.9 Å². The smallest absolute Gasteiger partial charge is 0.651 e. The summed E-state index contributed by atoms with van der Waals surface area (Å²) in [7, 11) is 0. The number of fused-ring (bicyclic) bond motifs is 2. The predicted octanol–water partition coefficient (Wildman–Crippen LogP) is 11.4. The van der Waals surface area contributed by atoms with E-state index in [0.717, 1.165) is 48.7 Å². The Labute approximate surface area is 326 Å². The third kappa shape index (κ3) is 11.9. The van der Waals surface area contributed by atoms with E-state index < -0.39 is 35.6 Å². The van der Waals surface area contributed by atoms with E-state index in [1.165, 1.54) is 31.7 Å². The summed E-state index contributed by atoms with van der Waals surface area (Å²) >= 11 is 1.91. The van der Waals surface area contributed by atoms with Crippen LogP contribution in [0.25, 0.3) is 10.6 Å². The minimum atomic E-state index is -4.93. The molecule has 2 unspecified atom stereocenters. The molecule has 2 N–H and O–H groups in total. The molecule has 2 saturated carbocycles. The number of rotatable bonds is 6. The molecule has 9 nitrogen and oxygen atoms in total. The Morgan fingerprint density at radius 1 is 0.722 bits per heavy atom. The number of benzene rings is 2. The summed E-state index contributed by atoms with van der Waals surface area (Å²) in [5.41, 5.74) is 1.28. The van der Waals surface area contributed by atoms with Crippen LogP contribution >= 0.6 is 23.5 Å². The van der Waals surface area contributed by atoms with E-state index in [9.17, 15) is 45.5 Å². The van der Waals surface area contributed by atoms with Crippen LogP contribution in [0.5, 0.6) is 0 Å². The van der Waals surface area contributed by atoms with Crippen molar-refractivity contribution in [3.63, 3.8) is 0 Å². The van der Waals surface area contributed by atoms with E-state index in [1.807, 2.05) is 0 Å². The number of amides is 2. The monoisotopic (exact) mass is 841 g/mol. The van der Waals surface area contributed by atoms with Gasteiger partial charge in [0.2, 0.25) is 5.91 Å². The summed E-state index contributed by atoms with van der Waals surface area (Å²) in [6.07, 6.45) is -1.37. The fourth-order valence-corrected chi connectivity index (χ4v) is 8.21. The molecular weight excluding hydrogens is 805 g/mol. The Bertz CT molecular complexity index is 1820. The fourth-order valence-electron chi connectivity index (χ4n) is 6.33. The van der Waals surface area contributed by atoms with Crippen LogP contribution in [0.3, 0.4) is 0 Å². The number of nitrogens with one attached hydrogen (secondary N) is 2. The van der Waals surface area contributed by atoms with Gasteiger partial charge in [-0.3, -0.25) is 19.7 Å². The molecular formula is C36H36CoF6N4O5S2. The minimum absolute atomic E-state index is 0. The van der Waals surface area contributed by atoms with Crippen LogP contribution in [0.15, 0.2) is 68.4 Å². The number of nitrogens with zero attached hydrogens (tertiary/aromatic N) is 2. The maximum absolute atomic E-state index is 12.7. The zero-order chi connectivity index (χ0) is 38.7. The molecule has 2 amide bonds. The van der Waals surface area contributed by atoms with Crippen molar-refractivity contribution >= 4 is 69.8 Å². The molecule has 0 spiro atoms. The van der Waals surface area contributed by atoms with Gasteiger partial charge in [-0.25, -0.2) is 4.79 Å². The first-order chi connectivity index (χ1) is 24.7. The summed E-state index contributed by atoms with van der Waals surface area (Å²) in [5.74, 6) is -2.44. The summed E-state index contributed by atoms with van der Waals surface area (Å²) < 4.78 is 79.2. The molecule has 2 aromatic rings. The van der Waals surface area contributed by atoms with E-state index in [-0.39, 0.29) is 38.7 Å². The van der Waals surface area contributed by atoms with Crippen molar-refractivity contribution in [3.8, 4) is 0 Å². The van der Waals surface area contributed by atoms with Crippen molar-refractivity contribution in [2.24, 2.45) is 17.8 Å². The number of anilines is 2. The Morgan fingerprint density at radius 3 is 1.67 bits per heavy atom. The minimum Gasteiger partial charge on any atom is -0.651 e. The number of ketones is 2. The first-order valence-corrected chi connectivity index (χ1v) is 18.4. The SMILES string of the molecule is CC(C)(C)OC(=O)Nc1ccc2c(c1)S/C(=C/C(=O)C(F)(F)F)[N-]2.O=C(Nc1ccc2c(c1)S/C(=C/C(=O)C(F)(F)F)[N-]2)C1CCC(C2CCCC2)C1.[Co+2]. The normalized spacial score (nSPS) is 20.8. The molecule has 2 heterocycles. The molecule has 18 heteroatoms. The molecule has 2 aromatic carbocycles. The van der Waals surface area contributed by atoms with Gasteiger partial charge in [-0.05, 0) is 98.1 Å². The summed E-state index contributed by atoms with van der Waals surface area (Å²) in [6, 6.07) is 9.66. The molecule has 6 rings (SSSR count). The summed E-state index contributed by atoms with van der Waals surface area (Å²) in [4.78, 5) is 47.6. The Kier molecular flexibility index (Phi) is 13.9. The van der Waals surface area contributed by atoms with Crippen LogP contribution in [-0.2, 0) is 35.9 Å². The largest absolute Gasteiger partial charge is 2.00 e. The van der Waals surface area contributed by atoms with Gasteiger partial charge in [0.1, 0.15) is 5.60 Å². The second-order valence-corrected chi connectivity index (χ2v) is 16.0. The maximum Gasteiger partial charge on any atom is 2.00 e. The number of thioether (sulfide) groups is 2. The maximum atomic E-state index is 12.7. The van der Waals surface area contributed by atoms with Crippen molar-refractivity contribution in [1.82, 2.24) is 0 Å². The van der Waals surface area contributed by atoms with Gasteiger partial charge in [-0.2, -0.15) is 26.3 Å². The van der Waals surface area contributed by atoms with Crippen molar-refractivity contribution in [2.45, 2.75) is 93.5 Å². The molecule has 4 aliphatic rings. The van der Waals surface area contributed by atoms with Gasteiger partial charge < -0.3 is 20.7 Å². The first kappa shape index (κ1) is 43.1. The van der Waals surface area contributed by atoms with Crippen LogP contribution in [0, 0.1) is 17.8 Å². The van der Waals surface area contributed by atoms with Gasteiger partial charge in [0.25, 0.3) is 11.6 Å². The number of allylic oxidation sites excluding steroid dienone is 2. The van der Waals surface area contributed by atoms with Gasteiger partial charge in [0, 0.05) is 17.3 Å². The number of carbonyl (C=O) groups excluding carboxylic acids is 4. The zero-order valence-electron chi connectivity index (χ0n) is 29.2. The average molecular weight is 842 g/mol. The Morgan fingerprint density at radius 2 is 1.20 bits per heavy atom. The van der Waals surface area contributed by atoms with Gasteiger partial charge in [0.15, 0.2) is 0 Å². The molecule has 54 heavy (non-hydrogen) atoms. The number of halogens is 6. The number of carbonyl (C=O) groups is 4.